The summed E-state index contributed by atoms with van der Waals surface area (Å²) in [6.45, 7) is 5.97. The van der Waals surface area contributed by atoms with Crippen molar-refractivity contribution in [1.29, 1.82) is 0 Å². The fourth-order valence-corrected chi connectivity index (χ4v) is 3.23. The number of halogens is 1. The number of hydrogen-bond donors (Lipinski definition) is 2. The maximum Gasteiger partial charge on any atom is 0.275 e. The molecular formula is C18H23ClN5O+. The molecule has 25 heavy (non-hydrogen) atoms. The van der Waals surface area contributed by atoms with Crippen molar-refractivity contribution in [1.82, 2.24) is 15.3 Å². The van der Waals surface area contributed by atoms with Gasteiger partial charge in [-0.2, -0.15) is 0 Å². The molecule has 2 heterocycles. The second-order valence-electron chi connectivity index (χ2n) is 6.31. The first-order valence-corrected chi connectivity index (χ1v) is 8.90. The lowest BCUT2D eigenvalue weighted by atomic mass is 10.1. The first-order chi connectivity index (χ1) is 12.1. The minimum absolute atomic E-state index is 0.0513. The van der Waals surface area contributed by atoms with Gasteiger partial charge in [0.15, 0.2) is 6.54 Å². The van der Waals surface area contributed by atoms with Crippen LogP contribution < -0.4 is 15.1 Å². The number of nitrogens with one attached hydrogen (secondary N) is 2. The van der Waals surface area contributed by atoms with Crippen LogP contribution in [0, 0.1) is 0 Å². The minimum atomic E-state index is -0.0513. The molecule has 3 rings (SSSR count). The van der Waals surface area contributed by atoms with Gasteiger partial charge in [-0.05, 0) is 30.7 Å². The second-order valence-corrected chi connectivity index (χ2v) is 6.74. The Morgan fingerprint density at radius 1 is 1.28 bits per heavy atom. The number of piperazine rings is 1. The molecule has 0 spiro atoms. The predicted octanol–water partition coefficient (Wildman–Crippen LogP) is 0.712. The molecule has 1 aromatic heterocycles. The van der Waals surface area contributed by atoms with Gasteiger partial charge in [0.25, 0.3) is 5.91 Å². The molecule has 1 fully saturated rings. The smallest absolute Gasteiger partial charge is 0.275 e. The normalized spacial score (nSPS) is 16.5. The molecule has 1 aliphatic heterocycles. The maximum atomic E-state index is 12.3. The number of anilines is 1. The van der Waals surface area contributed by atoms with Crippen LogP contribution in [0.5, 0.6) is 0 Å². The third-order valence-electron chi connectivity index (χ3n) is 4.44. The number of hydrogen-bond acceptors (Lipinski definition) is 4. The Balaban J connectivity index is 1.46. The van der Waals surface area contributed by atoms with Crippen LogP contribution in [0.3, 0.4) is 0 Å². The van der Waals surface area contributed by atoms with E-state index in [4.69, 9.17) is 11.6 Å². The molecule has 1 saturated heterocycles. The lowest BCUT2D eigenvalue weighted by Crippen LogP contribution is -3.16. The van der Waals surface area contributed by atoms with E-state index < -0.39 is 0 Å². The molecule has 0 bridgehead atoms. The largest absolute Gasteiger partial charge is 0.345 e. The van der Waals surface area contributed by atoms with Crippen molar-refractivity contribution in [2.75, 3.05) is 37.6 Å². The Hall–Kier alpha value is -2.18. The van der Waals surface area contributed by atoms with Crippen LogP contribution in [-0.4, -0.2) is 48.6 Å². The van der Waals surface area contributed by atoms with Crippen LogP contribution in [0.4, 0.5) is 5.95 Å². The highest BCUT2D eigenvalue weighted by molar-refractivity contribution is 6.30. The number of carbonyl (C=O) groups excluding carboxylic acids is 1. The highest BCUT2D eigenvalue weighted by Gasteiger charge is 2.24. The Bertz CT molecular complexity index is 704. The third kappa shape index (κ3) is 4.90. The van der Waals surface area contributed by atoms with Crippen molar-refractivity contribution in [3.8, 4) is 0 Å². The fourth-order valence-electron chi connectivity index (χ4n) is 3.03. The zero-order valence-electron chi connectivity index (χ0n) is 14.3. The van der Waals surface area contributed by atoms with Crippen LogP contribution in [-0.2, 0) is 4.79 Å². The Morgan fingerprint density at radius 2 is 2.00 bits per heavy atom. The summed E-state index contributed by atoms with van der Waals surface area (Å²) < 4.78 is 0. The number of carbonyl (C=O) groups is 1. The summed E-state index contributed by atoms with van der Waals surface area (Å²) in [6.07, 6.45) is 3.51. The first-order valence-electron chi connectivity index (χ1n) is 8.52. The Morgan fingerprint density at radius 3 is 2.68 bits per heavy atom. The summed E-state index contributed by atoms with van der Waals surface area (Å²) in [5, 5.41) is 3.74. The van der Waals surface area contributed by atoms with Gasteiger partial charge in [-0.15, -0.1) is 0 Å². The van der Waals surface area contributed by atoms with Crippen molar-refractivity contribution < 1.29 is 9.69 Å². The molecule has 1 atom stereocenters. The summed E-state index contributed by atoms with van der Waals surface area (Å²) in [6, 6.07) is 9.36. The van der Waals surface area contributed by atoms with Gasteiger partial charge in [0.1, 0.15) is 0 Å². The highest BCUT2D eigenvalue weighted by Crippen LogP contribution is 2.17. The van der Waals surface area contributed by atoms with E-state index in [-0.39, 0.29) is 11.9 Å². The average molecular weight is 361 g/mol. The zero-order chi connectivity index (χ0) is 17.6. The predicted molar refractivity (Wildman–Crippen MR) is 97.8 cm³/mol. The molecule has 0 unspecified atom stereocenters. The Kier molecular flexibility index (Phi) is 5.83. The lowest BCUT2D eigenvalue weighted by Gasteiger charge is -2.31. The molecule has 2 N–H and O–H groups in total. The number of benzene rings is 1. The summed E-state index contributed by atoms with van der Waals surface area (Å²) >= 11 is 6.01. The molecule has 7 heteroatoms. The lowest BCUT2D eigenvalue weighted by molar-refractivity contribution is -0.892. The highest BCUT2D eigenvalue weighted by atomic mass is 35.5. The summed E-state index contributed by atoms with van der Waals surface area (Å²) in [5.41, 5.74) is 1.02. The molecule has 132 valence electrons. The number of aromatic nitrogens is 2. The van der Waals surface area contributed by atoms with E-state index in [9.17, 15) is 4.79 Å². The fraction of sp³-hybridized carbons (Fsp3) is 0.389. The monoisotopic (exact) mass is 360 g/mol. The Labute approximate surface area is 152 Å². The number of amides is 1. The molecule has 2 aromatic rings. The molecule has 1 amide bonds. The quantitative estimate of drug-likeness (QED) is 0.824. The van der Waals surface area contributed by atoms with E-state index in [0.717, 1.165) is 37.7 Å². The van der Waals surface area contributed by atoms with E-state index in [1.807, 2.05) is 37.3 Å². The number of quaternary nitrogens is 1. The first kappa shape index (κ1) is 17.6. The average Bonchev–Trinajstić information content (AvgIpc) is 2.63. The van der Waals surface area contributed by atoms with E-state index in [1.54, 1.807) is 12.4 Å². The van der Waals surface area contributed by atoms with Crippen LogP contribution in [0.2, 0.25) is 5.02 Å². The molecule has 0 saturated carbocycles. The van der Waals surface area contributed by atoms with Crippen molar-refractivity contribution in [3.63, 3.8) is 0 Å². The standard InChI is InChI=1S/C18H22ClN5O/c1-14(15-4-2-5-16(19)12-15)22-17(25)13-23-8-10-24(11-9-23)18-20-6-3-7-21-18/h2-7,12,14H,8-11,13H2,1H3,(H,22,25)/p+1/t14-/m1/s1. The van der Waals surface area contributed by atoms with Gasteiger partial charge in [-0.1, -0.05) is 23.7 Å². The van der Waals surface area contributed by atoms with Crippen molar-refractivity contribution in [3.05, 3.63) is 53.3 Å². The molecule has 6 nitrogen and oxygen atoms in total. The van der Waals surface area contributed by atoms with Crippen molar-refractivity contribution in [2.45, 2.75) is 13.0 Å². The van der Waals surface area contributed by atoms with Crippen molar-refractivity contribution >= 4 is 23.5 Å². The topological polar surface area (TPSA) is 62.6 Å². The van der Waals surface area contributed by atoms with Gasteiger partial charge < -0.3 is 15.1 Å². The van der Waals surface area contributed by atoms with Gasteiger partial charge in [-0.25, -0.2) is 9.97 Å². The van der Waals surface area contributed by atoms with Gasteiger partial charge in [0.2, 0.25) is 5.95 Å². The van der Waals surface area contributed by atoms with Gasteiger partial charge in [0, 0.05) is 17.4 Å². The number of rotatable bonds is 5. The second kappa shape index (κ2) is 8.27. The SMILES string of the molecule is C[C@@H](NC(=O)C[NH+]1CCN(c2ncccn2)CC1)c1cccc(Cl)c1. The third-order valence-corrected chi connectivity index (χ3v) is 4.68. The van der Waals surface area contributed by atoms with Crippen LogP contribution in [0.15, 0.2) is 42.7 Å². The number of nitrogens with zero attached hydrogens (tertiary/aromatic N) is 3. The van der Waals surface area contributed by atoms with E-state index in [2.05, 4.69) is 20.2 Å². The van der Waals surface area contributed by atoms with Gasteiger partial charge in [-0.3, -0.25) is 4.79 Å². The molecule has 0 aliphatic carbocycles. The van der Waals surface area contributed by atoms with Gasteiger partial charge >= 0.3 is 0 Å². The molecule has 0 radical (unpaired) electrons. The van der Waals surface area contributed by atoms with E-state index in [0.29, 0.717) is 11.6 Å². The van der Waals surface area contributed by atoms with Crippen LogP contribution >= 0.6 is 11.6 Å². The van der Waals surface area contributed by atoms with Crippen LogP contribution in [0.1, 0.15) is 18.5 Å². The molecule has 1 aliphatic rings. The summed E-state index contributed by atoms with van der Waals surface area (Å²) in [5.74, 6) is 0.826. The van der Waals surface area contributed by atoms with E-state index >= 15 is 0 Å². The summed E-state index contributed by atoms with van der Waals surface area (Å²) in [7, 11) is 0. The molecule has 1 aromatic carbocycles. The maximum absolute atomic E-state index is 12.3. The van der Waals surface area contributed by atoms with E-state index in [1.165, 1.54) is 4.90 Å². The van der Waals surface area contributed by atoms with Crippen molar-refractivity contribution in [2.24, 2.45) is 0 Å². The minimum Gasteiger partial charge on any atom is -0.345 e. The summed E-state index contributed by atoms with van der Waals surface area (Å²) in [4.78, 5) is 24.3. The molecular weight excluding hydrogens is 338 g/mol. The van der Waals surface area contributed by atoms with Gasteiger partial charge in [0.05, 0.1) is 32.2 Å². The van der Waals surface area contributed by atoms with Crippen LogP contribution in [0.25, 0.3) is 0 Å². The zero-order valence-corrected chi connectivity index (χ0v) is 15.0.